The predicted octanol–water partition coefficient (Wildman–Crippen LogP) is 17.3. The van der Waals surface area contributed by atoms with Crippen LogP contribution >= 0.6 is 0 Å². The molecule has 0 fully saturated rings. The first-order chi connectivity index (χ1) is 36.7. The van der Waals surface area contributed by atoms with E-state index in [0.717, 1.165) is 55.8 Å². The van der Waals surface area contributed by atoms with Gasteiger partial charge in [-0.15, -0.1) is 0 Å². The maximum absolute atomic E-state index is 6.63. The third kappa shape index (κ3) is 6.22. The third-order valence-electron chi connectivity index (χ3n) is 15.9. The number of hydrogen-bond donors (Lipinski definition) is 0. The zero-order valence-corrected chi connectivity index (χ0v) is 40.2. The van der Waals surface area contributed by atoms with Crippen LogP contribution in [-0.2, 0) is 0 Å². The molecular formula is C70H43BN2O. The largest absolute Gasteiger partial charge is 0.456 e. The summed E-state index contributed by atoms with van der Waals surface area (Å²) in [5.74, 6) is 0. The molecular weight excluding hydrogens is 896 g/mol. The van der Waals surface area contributed by atoms with Crippen molar-refractivity contribution >= 4 is 122 Å². The van der Waals surface area contributed by atoms with Gasteiger partial charge in [0, 0.05) is 55.7 Å². The molecule has 0 saturated carbocycles. The van der Waals surface area contributed by atoms with Gasteiger partial charge >= 0.3 is 0 Å². The summed E-state index contributed by atoms with van der Waals surface area (Å²) >= 11 is 0. The van der Waals surface area contributed by atoms with Gasteiger partial charge in [-0.2, -0.15) is 0 Å². The zero-order valence-electron chi connectivity index (χ0n) is 40.2. The van der Waals surface area contributed by atoms with E-state index < -0.39 is 0 Å². The SMILES string of the molecule is c1ccc(-c2ccc(N3c4cc(-c5ccc6c(c5)oc5ccccc56)cc5c4B(c4ccc6cc7ccccc7cc6c43)c3ccc4cc6ccccc6cc4c3N5c3ccc(-c4ccccc4)cc3)cc2)cc1. The summed E-state index contributed by atoms with van der Waals surface area (Å²) in [6, 6.07) is 96.6. The van der Waals surface area contributed by atoms with Gasteiger partial charge in [-0.05, 0) is 161 Å². The summed E-state index contributed by atoms with van der Waals surface area (Å²) in [6.45, 7) is -0.0941. The molecule has 0 spiro atoms. The number of fused-ring (bicyclic) bond motifs is 13. The fourth-order valence-corrected chi connectivity index (χ4v) is 12.5. The number of anilines is 6. The van der Waals surface area contributed by atoms with E-state index in [1.54, 1.807) is 0 Å². The lowest BCUT2D eigenvalue weighted by molar-refractivity contribution is 0.669. The summed E-state index contributed by atoms with van der Waals surface area (Å²) in [7, 11) is 0. The van der Waals surface area contributed by atoms with Gasteiger partial charge in [-0.1, -0.05) is 182 Å². The first-order valence-corrected chi connectivity index (χ1v) is 25.6. The van der Waals surface area contributed by atoms with Crippen molar-refractivity contribution in [2.24, 2.45) is 0 Å². The molecule has 0 unspecified atom stereocenters. The molecule has 2 aliphatic heterocycles. The van der Waals surface area contributed by atoms with Crippen LogP contribution < -0.4 is 26.2 Å². The topological polar surface area (TPSA) is 19.6 Å². The van der Waals surface area contributed by atoms with Gasteiger partial charge in [0.2, 0.25) is 0 Å². The van der Waals surface area contributed by atoms with E-state index in [0.29, 0.717) is 0 Å². The second-order valence-corrected chi connectivity index (χ2v) is 20.0. The molecule has 0 amide bonds. The Morgan fingerprint density at radius 2 is 0.703 bits per heavy atom. The third-order valence-corrected chi connectivity index (χ3v) is 15.9. The van der Waals surface area contributed by atoms with Gasteiger partial charge in [0.05, 0.1) is 0 Å². The Morgan fingerprint density at radius 3 is 1.23 bits per heavy atom. The van der Waals surface area contributed by atoms with Gasteiger partial charge in [0.25, 0.3) is 6.71 Å². The maximum Gasteiger partial charge on any atom is 0.252 e. The standard InChI is InChI=1S/C70H43BN2O/c1-3-13-44(14-4-1)46-23-30-56(31-24-46)72-64-41-55(52-27-34-59-58-21-11-12-22-66(58)74-67(59)43-52)42-65-68(64)71(62-35-28-53-37-48-17-7-9-19-50(48)39-60(53)69(62)72)63-36-29-54-38-49-18-8-10-20-51(49)40-61(54)70(63)73(65)57-32-25-47(26-33-57)45-15-5-2-6-16-45/h1-43H. The quantitative estimate of drug-likeness (QED) is 0.127. The van der Waals surface area contributed by atoms with Crippen LogP contribution in [0.15, 0.2) is 265 Å². The molecule has 1 aromatic heterocycles. The van der Waals surface area contributed by atoms with Crippen LogP contribution in [0.4, 0.5) is 34.1 Å². The van der Waals surface area contributed by atoms with Crippen molar-refractivity contribution in [1.29, 1.82) is 0 Å². The lowest BCUT2D eigenvalue weighted by Crippen LogP contribution is -2.61. The average molecular weight is 939 g/mol. The van der Waals surface area contributed by atoms with Gasteiger partial charge in [0.15, 0.2) is 0 Å². The van der Waals surface area contributed by atoms with Crippen LogP contribution in [0.1, 0.15) is 0 Å². The Labute approximate surface area is 428 Å². The minimum Gasteiger partial charge on any atom is -0.456 e. The van der Waals surface area contributed by atoms with Crippen LogP contribution in [0.25, 0.3) is 98.4 Å². The maximum atomic E-state index is 6.63. The molecule has 0 saturated heterocycles. The van der Waals surface area contributed by atoms with Crippen LogP contribution in [0, 0.1) is 0 Å². The molecule has 2 aliphatic rings. The highest BCUT2D eigenvalue weighted by Gasteiger charge is 2.45. The second kappa shape index (κ2) is 15.9. The van der Waals surface area contributed by atoms with Crippen molar-refractivity contribution in [3.05, 3.63) is 261 Å². The summed E-state index contributed by atoms with van der Waals surface area (Å²) in [5, 5.41) is 12.0. The Balaban J connectivity index is 1.03. The van der Waals surface area contributed by atoms with E-state index in [-0.39, 0.29) is 6.71 Å². The lowest BCUT2D eigenvalue weighted by Gasteiger charge is -2.45. The number of benzene rings is 13. The van der Waals surface area contributed by atoms with E-state index in [2.05, 4.69) is 265 Å². The Bertz CT molecular complexity index is 4370. The lowest BCUT2D eigenvalue weighted by atomic mass is 9.33. The van der Waals surface area contributed by atoms with E-state index in [1.165, 1.54) is 93.1 Å². The molecule has 0 N–H and O–H groups in total. The average Bonchev–Trinajstić information content (AvgIpc) is 3.89. The van der Waals surface area contributed by atoms with Crippen molar-refractivity contribution in [3.63, 3.8) is 0 Å². The molecule has 3 nitrogen and oxygen atoms in total. The van der Waals surface area contributed by atoms with Gasteiger partial charge in [-0.25, -0.2) is 0 Å². The van der Waals surface area contributed by atoms with Crippen LogP contribution in [0.2, 0.25) is 0 Å². The molecule has 14 aromatic rings. The minimum atomic E-state index is -0.0941. The van der Waals surface area contributed by atoms with Gasteiger partial charge in [0.1, 0.15) is 11.2 Å². The van der Waals surface area contributed by atoms with Crippen LogP contribution in [-0.4, -0.2) is 6.71 Å². The summed E-state index contributed by atoms with van der Waals surface area (Å²) in [5.41, 5.74) is 19.5. The Hall–Kier alpha value is -9.64. The van der Waals surface area contributed by atoms with E-state index in [1.807, 2.05) is 6.07 Å². The number of rotatable bonds is 5. The molecule has 3 heterocycles. The number of hydrogen-bond acceptors (Lipinski definition) is 3. The van der Waals surface area contributed by atoms with Gasteiger partial charge in [-0.3, -0.25) is 0 Å². The van der Waals surface area contributed by atoms with Crippen LogP contribution in [0.3, 0.4) is 0 Å². The predicted molar refractivity (Wildman–Crippen MR) is 314 cm³/mol. The highest BCUT2D eigenvalue weighted by molar-refractivity contribution is 7.00. The van der Waals surface area contributed by atoms with Gasteiger partial charge < -0.3 is 14.2 Å². The molecule has 74 heavy (non-hydrogen) atoms. The zero-order chi connectivity index (χ0) is 48.4. The van der Waals surface area contributed by atoms with E-state index >= 15 is 0 Å². The van der Waals surface area contributed by atoms with E-state index in [9.17, 15) is 0 Å². The first-order valence-electron chi connectivity index (χ1n) is 25.6. The summed E-state index contributed by atoms with van der Waals surface area (Å²) < 4.78 is 6.63. The second-order valence-electron chi connectivity index (χ2n) is 20.0. The molecule has 342 valence electrons. The highest BCUT2D eigenvalue weighted by atomic mass is 16.3. The summed E-state index contributed by atoms with van der Waals surface area (Å²) in [6.07, 6.45) is 0. The van der Waals surface area contributed by atoms with Crippen molar-refractivity contribution < 1.29 is 4.42 Å². The normalized spacial score (nSPS) is 12.8. The number of para-hydroxylation sites is 1. The first kappa shape index (κ1) is 41.0. The van der Waals surface area contributed by atoms with Crippen molar-refractivity contribution in [1.82, 2.24) is 0 Å². The molecule has 16 rings (SSSR count). The van der Waals surface area contributed by atoms with E-state index in [4.69, 9.17) is 4.42 Å². The molecule has 0 bridgehead atoms. The number of nitrogens with zero attached hydrogens (tertiary/aromatic N) is 2. The fourth-order valence-electron chi connectivity index (χ4n) is 12.5. The van der Waals surface area contributed by atoms with Crippen molar-refractivity contribution in [2.45, 2.75) is 0 Å². The monoisotopic (exact) mass is 938 g/mol. The Morgan fingerprint density at radius 1 is 0.270 bits per heavy atom. The molecule has 0 atom stereocenters. The summed E-state index contributed by atoms with van der Waals surface area (Å²) in [4.78, 5) is 5.16. The smallest absolute Gasteiger partial charge is 0.252 e. The number of furan rings is 1. The Kier molecular flexibility index (Phi) is 8.83. The van der Waals surface area contributed by atoms with Crippen LogP contribution in [0.5, 0.6) is 0 Å². The molecule has 4 heteroatoms. The highest BCUT2D eigenvalue weighted by Crippen LogP contribution is 2.50. The minimum absolute atomic E-state index is 0.0941. The molecule has 13 aromatic carbocycles. The fraction of sp³-hybridized carbons (Fsp3) is 0. The van der Waals surface area contributed by atoms with Crippen molar-refractivity contribution in [2.75, 3.05) is 9.80 Å². The molecule has 0 aliphatic carbocycles. The van der Waals surface area contributed by atoms with Crippen molar-refractivity contribution in [3.8, 4) is 33.4 Å². The molecule has 0 radical (unpaired) electrons.